The summed E-state index contributed by atoms with van der Waals surface area (Å²) in [4.78, 5) is 34.7. The fraction of sp³-hybridized carbons (Fsp3) is 0.667. The van der Waals surface area contributed by atoms with Crippen molar-refractivity contribution in [1.82, 2.24) is 9.88 Å². The number of nitrogens with zero attached hydrogens (tertiary/aromatic N) is 1. The number of nitrogens with two attached hydrogens (primary N) is 1. The number of likely N-dealkylation sites (tertiary alicyclic amines) is 1. The van der Waals surface area contributed by atoms with E-state index < -0.39 is 11.9 Å². The molecule has 2 atom stereocenters. The average Bonchev–Trinajstić information content (AvgIpc) is 2.61. The molecule has 3 rings (SSSR count). The van der Waals surface area contributed by atoms with E-state index >= 15 is 0 Å². The Morgan fingerprint density at radius 1 is 1.14 bits per heavy atom. The van der Waals surface area contributed by atoms with Gasteiger partial charge in [0.05, 0.1) is 0 Å². The molecule has 29 heavy (non-hydrogen) atoms. The Labute approximate surface area is 172 Å². The van der Waals surface area contributed by atoms with Crippen LogP contribution in [0.25, 0.3) is 0 Å². The number of H-pyrrole nitrogens is 1. The third-order valence-electron chi connectivity index (χ3n) is 5.20. The van der Waals surface area contributed by atoms with Crippen molar-refractivity contribution in [2.24, 2.45) is 11.7 Å². The van der Waals surface area contributed by atoms with Gasteiger partial charge in [0.1, 0.15) is 0 Å². The second kappa shape index (κ2) is 13.1. The molecule has 5 N–H and O–H groups in total. The lowest BCUT2D eigenvalue weighted by molar-refractivity contribution is -0.135. The lowest BCUT2D eigenvalue weighted by atomic mass is 9.84. The number of rotatable bonds is 3. The maximum absolute atomic E-state index is 11.4. The van der Waals surface area contributed by atoms with E-state index in [1.165, 1.54) is 50.6 Å². The quantitative estimate of drug-likeness (QED) is 0.601. The zero-order valence-electron chi connectivity index (χ0n) is 17.5. The van der Waals surface area contributed by atoms with Gasteiger partial charge >= 0.3 is 0 Å². The van der Waals surface area contributed by atoms with Crippen LogP contribution in [-0.4, -0.2) is 57.7 Å². The number of carboxylic acid groups (broad SMARTS) is 2. The molecular weight excluding hydrogens is 374 g/mol. The summed E-state index contributed by atoms with van der Waals surface area (Å²) in [6, 6.07) is 4.25. The smallest absolute Gasteiger partial charge is 0.300 e. The van der Waals surface area contributed by atoms with Crippen molar-refractivity contribution in [2.45, 2.75) is 64.3 Å². The maximum Gasteiger partial charge on any atom is 0.300 e. The van der Waals surface area contributed by atoms with Crippen LogP contribution in [0, 0.1) is 5.92 Å². The van der Waals surface area contributed by atoms with Crippen molar-refractivity contribution >= 4 is 11.9 Å². The zero-order valence-corrected chi connectivity index (χ0v) is 17.5. The van der Waals surface area contributed by atoms with Crippen LogP contribution >= 0.6 is 0 Å². The molecule has 0 unspecified atom stereocenters. The summed E-state index contributed by atoms with van der Waals surface area (Å²) in [5.41, 5.74) is 7.32. The van der Waals surface area contributed by atoms with Gasteiger partial charge < -0.3 is 25.8 Å². The molecule has 0 aromatic carbocycles. The molecule has 1 aromatic rings. The molecular formula is C21H35N3O5. The summed E-state index contributed by atoms with van der Waals surface area (Å²) in [5, 5.41) is 14.8. The van der Waals surface area contributed by atoms with E-state index in [9.17, 15) is 4.79 Å². The average molecular weight is 410 g/mol. The second-order valence-corrected chi connectivity index (χ2v) is 7.89. The minimum atomic E-state index is -0.833. The van der Waals surface area contributed by atoms with Crippen LogP contribution in [0.1, 0.15) is 63.9 Å². The number of aromatic amines is 1. The number of carbonyl (C=O) groups is 2. The molecule has 2 aliphatic rings. The van der Waals surface area contributed by atoms with E-state index in [0.717, 1.165) is 32.9 Å². The minimum absolute atomic E-state index is 0.0196. The monoisotopic (exact) mass is 409 g/mol. The van der Waals surface area contributed by atoms with Gasteiger partial charge in [-0.1, -0.05) is 6.42 Å². The Morgan fingerprint density at radius 2 is 1.72 bits per heavy atom. The van der Waals surface area contributed by atoms with Crippen molar-refractivity contribution in [3.05, 3.63) is 34.2 Å². The van der Waals surface area contributed by atoms with E-state index in [1.54, 1.807) is 12.3 Å². The first-order chi connectivity index (χ1) is 13.7. The summed E-state index contributed by atoms with van der Waals surface area (Å²) in [6.45, 7) is 5.70. The molecule has 8 nitrogen and oxygen atoms in total. The number of carboxylic acids is 2. The molecule has 1 saturated heterocycles. The zero-order chi connectivity index (χ0) is 21.8. The SMILES string of the molecule is CC(=O)O.CC(=O)O.N[C@H]1CCC[C@@H](CN2CCC(c3cc[nH]c(=O)c3)CC2)C1. The predicted octanol–water partition coefficient (Wildman–Crippen LogP) is 2.25. The first-order valence-electron chi connectivity index (χ1n) is 10.2. The largest absolute Gasteiger partial charge is 0.481 e. The number of piperidine rings is 1. The van der Waals surface area contributed by atoms with Gasteiger partial charge in [-0.05, 0) is 68.7 Å². The van der Waals surface area contributed by atoms with E-state index in [2.05, 4.69) is 16.0 Å². The Hall–Kier alpha value is -2.19. The van der Waals surface area contributed by atoms with Gasteiger partial charge in [0, 0.05) is 38.7 Å². The lowest BCUT2D eigenvalue weighted by Crippen LogP contribution is -2.39. The number of aliphatic carboxylic acids is 2. The van der Waals surface area contributed by atoms with Crippen molar-refractivity contribution < 1.29 is 19.8 Å². The van der Waals surface area contributed by atoms with Crippen molar-refractivity contribution in [1.29, 1.82) is 0 Å². The first-order valence-corrected chi connectivity index (χ1v) is 10.2. The number of aromatic nitrogens is 1. The molecule has 1 aliphatic heterocycles. The number of hydrogen-bond donors (Lipinski definition) is 4. The standard InChI is InChI=1S/C17H27N3O.2C2H4O2/c18-16-3-1-2-13(10-16)12-20-8-5-14(6-9-20)15-4-7-19-17(21)11-15;2*1-2(3)4/h4,7,11,13-14,16H,1-3,5-6,8-10,12,18H2,(H,19,21);2*1H3,(H,3,4)/t13-,16+;;/m1../s1. The van der Waals surface area contributed by atoms with Gasteiger partial charge in [-0.25, -0.2) is 0 Å². The second-order valence-electron chi connectivity index (χ2n) is 7.89. The molecule has 0 spiro atoms. The van der Waals surface area contributed by atoms with Crippen LogP contribution in [0.3, 0.4) is 0 Å². The normalized spacial score (nSPS) is 22.4. The van der Waals surface area contributed by atoms with E-state index in [4.69, 9.17) is 25.5 Å². The minimum Gasteiger partial charge on any atom is -0.481 e. The van der Waals surface area contributed by atoms with Crippen LogP contribution < -0.4 is 11.3 Å². The van der Waals surface area contributed by atoms with E-state index in [1.807, 2.05) is 0 Å². The van der Waals surface area contributed by atoms with Crippen molar-refractivity contribution in [3.63, 3.8) is 0 Å². The summed E-state index contributed by atoms with van der Waals surface area (Å²) >= 11 is 0. The fourth-order valence-electron chi connectivity index (χ4n) is 4.03. The van der Waals surface area contributed by atoms with Gasteiger partial charge in [0.2, 0.25) is 5.56 Å². The van der Waals surface area contributed by atoms with Crippen LogP contribution in [0.5, 0.6) is 0 Å². The van der Waals surface area contributed by atoms with Crippen molar-refractivity contribution in [3.8, 4) is 0 Å². The molecule has 2 heterocycles. The van der Waals surface area contributed by atoms with Crippen LogP contribution in [-0.2, 0) is 9.59 Å². The van der Waals surface area contributed by atoms with Crippen LogP contribution in [0.15, 0.2) is 23.1 Å². The number of pyridine rings is 1. The van der Waals surface area contributed by atoms with Gasteiger partial charge in [0.15, 0.2) is 0 Å². The number of hydrogen-bond acceptors (Lipinski definition) is 5. The maximum atomic E-state index is 11.4. The van der Waals surface area contributed by atoms with Gasteiger partial charge in [-0.3, -0.25) is 14.4 Å². The molecule has 164 valence electrons. The topological polar surface area (TPSA) is 137 Å². The molecule has 0 amide bonds. The van der Waals surface area contributed by atoms with Gasteiger partial charge in [-0.15, -0.1) is 0 Å². The van der Waals surface area contributed by atoms with Crippen LogP contribution in [0.4, 0.5) is 0 Å². The molecule has 0 bridgehead atoms. The molecule has 0 radical (unpaired) electrons. The van der Waals surface area contributed by atoms with E-state index in [0.29, 0.717) is 12.0 Å². The molecule has 1 saturated carbocycles. The van der Waals surface area contributed by atoms with Crippen LogP contribution in [0.2, 0.25) is 0 Å². The molecule has 1 aromatic heterocycles. The Morgan fingerprint density at radius 3 is 2.24 bits per heavy atom. The van der Waals surface area contributed by atoms with Crippen molar-refractivity contribution in [2.75, 3.05) is 19.6 Å². The first kappa shape index (κ1) is 24.8. The summed E-state index contributed by atoms with van der Waals surface area (Å²) in [7, 11) is 0. The highest BCUT2D eigenvalue weighted by atomic mass is 16.4. The Balaban J connectivity index is 0.000000452. The van der Waals surface area contributed by atoms with Gasteiger partial charge in [0.25, 0.3) is 11.9 Å². The predicted molar refractivity (Wildman–Crippen MR) is 112 cm³/mol. The van der Waals surface area contributed by atoms with Gasteiger partial charge in [-0.2, -0.15) is 0 Å². The molecule has 1 aliphatic carbocycles. The molecule has 8 heteroatoms. The summed E-state index contributed by atoms with van der Waals surface area (Å²) < 4.78 is 0. The fourth-order valence-corrected chi connectivity index (χ4v) is 4.03. The lowest BCUT2D eigenvalue weighted by Gasteiger charge is -2.36. The highest BCUT2D eigenvalue weighted by Gasteiger charge is 2.25. The highest BCUT2D eigenvalue weighted by Crippen LogP contribution is 2.29. The number of nitrogens with one attached hydrogen (secondary N) is 1. The third kappa shape index (κ3) is 11.4. The Kier molecular flexibility index (Phi) is 11.2. The molecule has 2 fully saturated rings. The van der Waals surface area contributed by atoms with E-state index in [-0.39, 0.29) is 5.56 Å². The summed E-state index contributed by atoms with van der Waals surface area (Å²) in [5.74, 6) is -0.318. The summed E-state index contributed by atoms with van der Waals surface area (Å²) in [6.07, 6.45) is 9.17. The highest BCUT2D eigenvalue weighted by molar-refractivity contribution is 5.63. The third-order valence-corrected chi connectivity index (χ3v) is 5.20. The Bertz CT molecular complexity index is 663.